The number of nitrogens with one attached hydrogen (secondary N) is 3. The number of phenolic OH excluding ortho intramolecular Hbond substituents is 2. The largest absolute Gasteiger partial charge is 1.00 e. The number of nitrogens with two attached hydrogens (primary N) is 1. The molecule has 2 aliphatic rings. The van der Waals surface area contributed by atoms with Crippen molar-refractivity contribution in [2.75, 3.05) is 28.3 Å². The number of aromatic amines is 1. The molecule has 3 aromatic rings. The van der Waals surface area contributed by atoms with Gasteiger partial charge in [-0.1, -0.05) is 30.0 Å². The number of carboxylic acids is 1. The van der Waals surface area contributed by atoms with Gasteiger partial charge in [0.15, 0.2) is 11.5 Å². The number of aliphatic carboxylic acids is 1. The van der Waals surface area contributed by atoms with Crippen LogP contribution in [0.3, 0.4) is 0 Å². The first-order valence-corrected chi connectivity index (χ1v) is 15.9. The van der Waals surface area contributed by atoms with Crippen molar-refractivity contribution in [3.05, 3.63) is 63.7 Å². The predicted octanol–water partition coefficient (Wildman–Crippen LogP) is -4.48. The van der Waals surface area contributed by atoms with Crippen LogP contribution in [0, 0.1) is 0 Å². The van der Waals surface area contributed by atoms with Gasteiger partial charge in [0.25, 0.3) is 11.5 Å². The Balaban J connectivity index is 0.00000541. The van der Waals surface area contributed by atoms with Crippen LogP contribution < -0.4 is 61.5 Å². The molecule has 5 rings (SSSR count). The zero-order chi connectivity index (χ0) is 34.9. The summed E-state index contributed by atoms with van der Waals surface area (Å²) in [7, 11) is 1.62. The van der Waals surface area contributed by atoms with Gasteiger partial charge in [0.1, 0.15) is 23.1 Å². The van der Waals surface area contributed by atoms with Crippen molar-refractivity contribution in [2.24, 2.45) is 12.8 Å². The second-order valence-corrected chi connectivity index (χ2v) is 12.7. The summed E-state index contributed by atoms with van der Waals surface area (Å²) >= 11 is 2.35. The van der Waals surface area contributed by atoms with Crippen LogP contribution in [0.5, 0.6) is 11.5 Å². The van der Waals surface area contributed by atoms with Gasteiger partial charge >= 0.3 is 35.6 Å². The maximum Gasteiger partial charge on any atom is 1.00 e. The first kappa shape index (κ1) is 37.3. The monoisotopic (exact) mass is 721 g/mol. The average molecular weight is 722 g/mol. The molecule has 2 unspecified atom stereocenters. The van der Waals surface area contributed by atoms with Gasteiger partial charge in [0.2, 0.25) is 17.0 Å². The molecule has 1 saturated heterocycles. The number of H-pyrrole nitrogens is 1. The first-order chi connectivity index (χ1) is 22.8. The quantitative estimate of drug-likeness (QED) is 0.0338. The number of carbonyl (C=O) groups is 4. The Hall–Kier alpha value is -4.57. The van der Waals surface area contributed by atoms with Gasteiger partial charge in [-0.15, -0.1) is 16.9 Å². The number of urea groups is 1. The fourth-order valence-corrected chi connectivity index (χ4v) is 7.24. The number of primary amides is 1. The average Bonchev–Trinajstić information content (AvgIpc) is 3.45. The summed E-state index contributed by atoms with van der Waals surface area (Å²) in [6, 6.07) is -1.06. The Kier molecular flexibility index (Phi) is 11.7. The van der Waals surface area contributed by atoms with Crippen LogP contribution in [0.15, 0.2) is 57.8 Å². The van der Waals surface area contributed by atoms with Crippen LogP contribution in [0.25, 0.3) is 0 Å². The number of carbonyl (C=O) groups excluding carboxylic acids is 4. The number of rotatable bonds is 12. The van der Waals surface area contributed by atoms with Gasteiger partial charge in [-0.25, -0.2) is 14.5 Å². The Labute approximate surface area is 307 Å². The van der Waals surface area contributed by atoms with Gasteiger partial charge < -0.3 is 36.5 Å². The van der Waals surface area contributed by atoms with Crippen molar-refractivity contribution in [3.63, 3.8) is 0 Å². The predicted molar refractivity (Wildman–Crippen MR) is 169 cm³/mol. The molecular formula is C27H28N11NaO8S2. The van der Waals surface area contributed by atoms with Crippen LogP contribution in [0.1, 0.15) is 18.5 Å². The molecule has 7 N–H and O–H groups in total. The van der Waals surface area contributed by atoms with E-state index in [2.05, 4.69) is 42.7 Å². The van der Waals surface area contributed by atoms with Crippen molar-refractivity contribution < 1.29 is 64.1 Å². The number of tetrazole rings is 1. The molecule has 2 aromatic heterocycles. The van der Waals surface area contributed by atoms with Gasteiger partial charge in [-0.05, 0) is 40.6 Å². The number of β-lactam (4-membered cyclic amide) rings is 1. The summed E-state index contributed by atoms with van der Waals surface area (Å²) in [4.78, 5) is 73.7. The van der Waals surface area contributed by atoms with Crippen molar-refractivity contribution in [1.29, 1.82) is 0 Å². The normalized spacial score (nSPS) is 17.3. The smallest absolute Gasteiger partial charge is 0.543 e. The van der Waals surface area contributed by atoms with Crippen LogP contribution >= 0.6 is 23.5 Å². The number of anilines is 2. The summed E-state index contributed by atoms with van der Waals surface area (Å²) in [6.45, 7) is 5.77. The third-order valence-electron chi connectivity index (χ3n) is 7.15. The van der Waals surface area contributed by atoms with E-state index in [4.69, 9.17) is 5.73 Å². The molecule has 252 valence electrons. The standard InChI is InChI=1S/C27H29N11O8S2.Na/c1-11(2)7-29-26-30-8-14(20(41)32-26)37(25(28)46)18(12-4-5-15(39)16(40)6-12)21(42)31-17-22(43)38-19(24(44)45)13(9-47-23(17)38)10-48-27-33-34-35-36(27)3;/h4-6,8,17-18,23,39-40H,1,7,9-10H2,2-3H3,(H2,28,46)(H,31,42)(H,44,45)(H2,29,30,32,41);/q;+1/p-1/t17?,18?,23-;/m0./s1. The van der Waals surface area contributed by atoms with Crippen molar-refractivity contribution in [2.45, 2.75) is 29.5 Å². The van der Waals surface area contributed by atoms with Gasteiger partial charge in [-0.3, -0.25) is 29.2 Å². The molecule has 4 heterocycles. The van der Waals surface area contributed by atoms with Crippen molar-refractivity contribution in [3.8, 4) is 11.5 Å². The van der Waals surface area contributed by atoms with E-state index >= 15 is 0 Å². The SMILES string of the molecule is C=C(C)CNc1ncc(N(C(N)=O)C(C(=O)NC2C(=O)N3C(C(=O)[O-])=C(CSc4nnnn4C)CS[C@@H]23)c2ccc(O)c(O)c2)c(=O)[nH]1.[Na+]. The Morgan fingerprint density at radius 2 is 2.02 bits per heavy atom. The molecule has 0 saturated carbocycles. The molecule has 0 spiro atoms. The fraction of sp³-hybridized carbons (Fsp3) is 0.296. The minimum Gasteiger partial charge on any atom is -0.543 e. The van der Waals surface area contributed by atoms with Gasteiger partial charge in [0, 0.05) is 25.1 Å². The van der Waals surface area contributed by atoms with Crippen LogP contribution in [-0.2, 0) is 21.4 Å². The summed E-state index contributed by atoms with van der Waals surface area (Å²) in [6.07, 6.45) is 1.01. The molecule has 3 atom stereocenters. The molecule has 2 aliphatic heterocycles. The molecule has 22 heteroatoms. The fourth-order valence-electron chi connectivity index (χ4n) is 4.91. The summed E-state index contributed by atoms with van der Waals surface area (Å²) in [5.41, 5.74) is 5.05. The number of nitrogens with zero attached hydrogens (tertiary/aromatic N) is 7. The van der Waals surface area contributed by atoms with E-state index in [9.17, 15) is 39.3 Å². The van der Waals surface area contributed by atoms with E-state index in [-0.39, 0.29) is 64.8 Å². The van der Waals surface area contributed by atoms with E-state index in [1.807, 2.05) is 0 Å². The van der Waals surface area contributed by atoms with Crippen molar-refractivity contribution >= 4 is 59.0 Å². The topological polar surface area (TPSA) is 278 Å². The molecule has 0 bridgehead atoms. The van der Waals surface area contributed by atoms with Crippen LogP contribution in [0.4, 0.5) is 16.4 Å². The number of aromatic nitrogens is 6. The van der Waals surface area contributed by atoms with E-state index < -0.39 is 64.0 Å². The number of hydrogen-bond donors (Lipinski definition) is 6. The summed E-state index contributed by atoms with van der Waals surface area (Å²) < 4.78 is 1.40. The van der Waals surface area contributed by atoms with Crippen LogP contribution in [-0.4, -0.2) is 98.6 Å². The summed E-state index contributed by atoms with van der Waals surface area (Å²) in [5, 5.41) is 48.3. The molecular weight excluding hydrogens is 693 g/mol. The minimum atomic E-state index is -1.77. The third-order valence-corrected chi connectivity index (χ3v) is 9.59. The maximum absolute atomic E-state index is 14.0. The number of thioether (sulfide) groups is 2. The van der Waals surface area contributed by atoms with E-state index in [1.165, 1.54) is 22.5 Å². The minimum absolute atomic E-state index is 0. The van der Waals surface area contributed by atoms with E-state index in [1.54, 1.807) is 14.0 Å². The van der Waals surface area contributed by atoms with Crippen molar-refractivity contribution in [1.82, 2.24) is 40.4 Å². The molecule has 1 fully saturated rings. The number of hydrogen-bond acceptors (Lipinski definition) is 15. The summed E-state index contributed by atoms with van der Waals surface area (Å²) in [5.74, 6) is -4.22. The maximum atomic E-state index is 14.0. The zero-order valence-electron chi connectivity index (χ0n) is 26.2. The van der Waals surface area contributed by atoms with E-state index in [0.29, 0.717) is 15.6 Å². The van der Waals surface area contributed by atoms with Crippen LogP contribution in [0.2, 0.25) is 0 Å². The molecule has 1 aromatic carbocycles. The van der Waals surface area contributed by atoms with Gasteiger partial charge in [0.05, 0.1) is 17.9 Å². The number of aryl methyl sites for hydroxylation is 1. The Morgan fingerprint density at radius 1 is 1.29 bits per heavy atom. The third kappa shape index (κ3) is 7.69. The molecule has 49 heavy (non-hydrogen) atoms. The molecule has 4 amide bonds. The number of amides is 4. The number of fused-ring (bicyclic) bond motifs is 1. The number of aromatic hydroxyl groups is 2. The zero-order valence-corrected chi connectivity index (χ0v) is 29.9. The molecule has 0 aliphatic carbocycles. The molecule has 19 nitrogen and oxygen atoms in total. The van der Waals surface area contributed by atoms with Gasteiger partial charge in [-0.2, -0.15) is 0 Å². The number of phenols is 2. The first-order valence-electron chi connectivity index (χ1n) is 13.9. The second-order valence-electron chi connectivity index (χ2n) is 10.6. The Bertz CT molecular complexity index is 1920. The number of benzene rings is 1. The second kappa shape index (κ2) is 15.3. The van der Waals surface area contributed by atoms with E-state index in [0.717, 1.165) is 40.6 Å². The Morgan fingerprint density at radius 3 is 2.61 bits per heavy atom. The number of carboxylic acid groups (broad SMARTS) is 1. The molecule has 0 radical (unpaired) electrons.